The molecule has 1 spiro atoms. The van der Waals surface area contributed by atoms with Gasteiger partial charge >= 0.3 is 6.18 Å². The van der Waals surface area contributed by atoms with E-state index in [0.29, 0.717) is 55.9 Å². The predicted molar refractivity (Wildman–Crippen MR) is 164 cm³/mol. The van der Waals surface area contributed by atoms with E-state index in [1.807, 2.05) is 0 Å². The van der Waals surface area contributed by atoms with Gasteiger partial charge in [0.25, 0.3) is 11.5 Å². The number of nitrogens with zero attached hydrogens (tertiary/aromatic N) is 7. The summed E-state index contributed by atoms with van der Waals surface area (Å²) >= 11 is 6.09. The summed E-state index contributed by atoms with van der Waals surface area (Å²) in [5.74, 6) is -0.569. The van der Waals surface area contributed by atoms with Gasteiger partial charge in [-0.1, -0.05) is 11.6 Å². The first-order valence-electron chi connectivity index (χ1n) is 14.9. The molecule has 17 heteroatoms. The maximum absolute atomic E-state index is 14.2. The minimum Gasteiger partial charge on any atom is -0.505 e. The van der Waals surface area contributed by atoms with Crippen LogP contribution in [0.2, 0.25) is 5.02 Å². The molecular formula is C31H26ClF3N8O5. The highest BCUT2D eigenvalue weighted by atomic mass is 35.5. The first-order valence-corrected chi connectivity index (χ1v) is 15.3. The number of anilines is 1. The molecule has 2 amide bonds. The molecule has 7 rings (SSSR count). The number of halogens is 4. The van der Waals surface area contributed by atoms with E-state index < -0.39 is 34.5 Å². The third kappa shape index (κ3) is 5.35. The van der Waals surface area contributed by atoms with Crippen molar-refractivity contribution in [3.8, 4) is 17.3 Å². The number of hydrogen-bond acceptors (Lipinski definition) is 9. The van der Waals surface area contributed by atoms with Crippen LogP contribution < -0.4 is 10.9 Å². The van der Waals surface area contributed by atoms with E-state index in [1.165, 1.54) is 24.5 Å². The number of carbonyl (C=O) groups excluding carboxylic acids is 2. The quantitative estimate of drug-likeness (QED) is 0.274. The molecular weight excluding hydrogens is 657 g/mol. The lowest BCUT2D eigenvalue weighted by Crippen LogP contribution is -2.46. The zero-order valence-electron chi connectivity index (χ0n) is 25.2. The number of nitrogens with one attached hydrogen (secondary N) is 1. The number of fused-ring (bicyclic) bond motifs is 3. The molecule has 248 valence electrons. The zero-order valence-corrected chi connectivity index (χ0v) is 26.0. The Kier molecular flexibility index (Phi) is 7.49. The van der Waals surface area contributed by atoms with Crippen molar-refractivity contribution in [1.82, 2.24) is 34.0 Å². The van der Waals surface area contributed by atoms with Crippen LogP contribution in [-0.4, -0.2) is 64.0 Å². The summed E-state index contributed by atoms with van der Waals surface area (Å²) in [6, 6.07) is 5.53. The van der Waals surface area contributed by atoms with E-state index in [0.717, 1.165) is 22.7 Å². The number of aromatic nitrogens is 6. The first kappa shape index (κ1) is 31.4. The van der Waals surface area contributed by atoms with Gasteiger partial charge in [-0.3, -0.25) is 14.4 Å². The Balaban J connectivity index is 1.25. The molecule has 0 atom stereocenters. The lowest BCUT2D eigenvalue weighted by molar-refractivity contribution is -0.137. The van der Waals surface area contributed by atoms with Crippen LogP contribution in [0, 0.1) is 6.92 Å². The van der Waals surface area contributed by atoms with Crippen LogP contribution >= 0.6 is 11.6 Å². The van der Waals surface area contributed by atoms with Gasteiger partial charge in [-0.2, -0.15) is 22.7 Å². The summed E-state index contributed by atoms with van der Waals surface area (Å²) in [7, 11) is 0. The molecule has 0 radical (unpaired) electrons. The molecule has 1 aliphatic heterocycles. The molecule has 4 aromatic heterocycles. The van der Waals surface area contributed by atoms with Crippen molar-refractivity contribution in [2.45, 2.75) is 50.7 Å². The number of oxazole rings is 1. The summed E-state index contributed by atoms with van der Waals surface area (Å²) in [5.41, 5.74) is -1.08. The van der Waals surface area contributed by atoms with Crippen LogP contribution in [0.25, 0.3) is 17.4 Å². The molecule has 1 saturated heterocycles. The van der Waals surface area contributed by atoms with Crippen LogP contribution in [0.15, 0.2) is 51.9 Å². The van der Waals surface area contributed by atoms with Gasteiger partial charge in [0.05, 0.1) is 22.5 Å². The Morgan fingerprint density at radius 3 is 2.58 bits per heavy atom. The Labute approximate surface area is 274 Å². The summed E-state index contributed by atoms with van der Waals surface area (Å²) in [6.07, 6.45) is 0.0526. The summed E-state index contributed by atoms with van der Waals surface area (Å²) in [6.45, 7) is 1.85. The molecule has 1 fully saturated rings. The maximum Gasteiger partial charge on any atom is 0.416 e. The number of piperidine rings is 1. The van der Waals surface area contributed by atoms with Crippen LogP contribution in [0.3, 0.4) is 0 Å². The first-order chi connectivity index (χ1) is 22.8. The van der Waals surface area contributed by atoms with Gasteiger partial charge < -0.3 is 24.3 Å². The fourth-order valence-electron chi connectivity index (χ4n) is 6.59. The lowest BCUT2D eigenvalue weighted by Gasteiger charge is -2.39. The predicted octanol–water partition coefficient (Wildman–Crippen LogP) is 4.39. The number of pyridine rings is 1. The molecule has 1 aliphatic carbocycles. The second-order valence-electron chi connectivity index (χ2n) is 11.8. The van der Waals surface area contributed by atoms with Crippen LogP contribution in [0.1, 0.15) is 52.5 Å². The largest absolute Gasteiger partial charge is 0.505 e. The molecule has 2 aliphatic rings. The number of alkyl halides is 3. The van der Waals surface area contributed by atoms with E-state index in [9.17, 15) is 32.7 Å². The molecule has 2 N–H and O–H groups in total. The van der Waals surface area contributed by atoms with Crippen molar-refractivity contribution in [3.63, 3.8) is 0 Å². The van der Waals surface area contributed by atoms with Crippen LogP contribution in [0.5, 0.6) is 5.75 Å². The average Bonchev–Trinajstić information content (AvgIpc) is 3.78. The Bertz CT molecular complexity index is 2170. The number of rotatable bonds is 5. The Hall–Kier alpha value is -5.25. The highest BCUT2D eigenvalue weighted by Gasteiger charge is 2.46. The number of hydrogen-bond donors (Lipinski definition) is 2. The molecule has 0 saturated carbocycles. The van der Waals surface area contributed by atoms with Crippen LogP contribution in [-0.2, 0) is 29.4 Å². The number of carbonyl (C=O) groups is 2. The molecule has 0 bridgehead atoms. The third-order valence-electron chi connectivity index (χ3n) is 8.93. The van der Waals surface area contributed by atoms with Gasteiger partial charge in [0, 0.05) is 42.9 Å². The summed E-state index contributed by atoms with van der Waals surface area (Å²) in [5, 5.41) is 16.9. The van der Waals surface area contributed by atoms with Gasteiger partial charge in [-0.25, -0.2) is 9.97 Å². The number of likely N-dealkylation sites (tertiary alicyclic amines) is 1. The highest BCUT2D eigenvalue weighted by molar-refractivity contribution is 6.33. The average molecular weight is 683 g/mol. The molecule has 48 heavy (non-hydrogen) atoms. The molecule has 13 nitrogen and oxygen atoms in total. The monoisotopic (exact) mass is 682 g/mol. The topological polar surface area (TPSA) is 161 Å². The Morgan fingerprint density at radius 1 is 1.15 bits per heavy atom. The van der Waals surface area contributed by atoms with E-state index in [-0.39, 0.29) is 46.1 Å². The van der Waals surface area contributed by atoms with Crippen molar-refractivity contribution >= 4 is 34.9 Å². The number of aryl methyl sites for hydroxylation is 1. The number of aromatic hydroxyl groups is 1. The summed E-state index contributed by atoms with van der Waals surface area (Å²) in [4.78, 5) is 55.0. The van der Waals surface area contributed by atoms with Gasteiger partial charge in [0.2, 0.25) is 17.5 Å². The van der Waals surface area contributed by atoms with E-state index in [1.54, 1.807) is 16.4 Å². The minimum absolute atomic E-state index is 0.0184. The number of benzene rings is 1. The standard InChI is InChI=1S/C31H26ClF3N8O5/c1-16-37-14-22(48-16)26-39-29-42(15-23(45)38-19-5-4-17(13-18(19)32)31(33,34)35)20-6-7-30(24(20)27(46)43(29)40-26)8-11-41(12-9-30)28(47)25-21(44)3-2-10-36-25/h2-5,10,13-14,44H,6-9,11-12,15H2,1H3,(H,38,45). The van der Waals surface area contributed by atoms with Crippen molar-refractivity contribution in [3.05, 3.63) is 86.5 Å². The summed E-state index contributed by atoms with van der Waals surface area (Å²) < 4.78 is 47.7. The fourth-order valence-corrected chi connectivity index (χ4v) is 6.81. The van der Waals surface area contributed by atoms with Gasteiger partial charge in [0.1, 0.15) is 12.3 Å². The highest BCUT2D eigenvalue weighted by Crippen LogP contribution is 2.45. The van der Waals surface area contributed by atoms with Crippen molar-refractivity contribution in [2.75, 3.05) is 18.4 Å². The molecule has 1 aromatic carbocycles. The fraction of sp³-hybridized carbons (Fsp3) is 0.323. The maximum atomic E-state index is 14.2. The van der Waals surface area contributed by atoms with Crippen LogP contribution in [0.4, 0.5) is 18.9 Å². The molecule has 5 heterocycles. The normalized spacial score (nSPS) is 15.6. The Morgan fingerprint density at radius 2 is 1.92 bits per heavy atom. The smallest absolute Gasteiger partial charge is 0.416 e. The van der Waals surface area contributed by atoms with Gasteiger partial charge in [-0.05, 0) is 56.0 Å². The molecule has 0 unspecified atom stereocenters. The van der Waals surface area contributed by atoms with E-state index >= 15 is 0 Å². The van der Waals surface area contributed by atoms with Crippen molar-refractivity contribution < 1.29 is 32.3 Å². The molecule has 5 aromatic rings. The van der Waals surface area contributed by atoms with Gasteiger partial charge in [0.15, 0.2) is 17.3 Å². The SMILES string of the molecule is Cc1ncc(-c2nc3n(CC(=O)Nc4ccc(C(F)(F)F)cc4Cl)c4c(c(=O)n3n2)C2(CC4)CCN(C(=O)c3ncccc3O)CC2)o1. The second kappa shape index (κ2) is 11.5. The lowest BCUT2D eigenvalue weighted by atomic mass is 9.74. The van der Waals surface area contributed by atoms with E-state index in [2.05, 4.69) is 25.4 Å². The second-order valence-corrected chi connectivity index (χ2v) is 12.2. The minimum atomic E-state index is -4.61. The van der Waals surface area contributed by atoms with Crippen molar-refractivity contribution in [2.24, 2.45) is 0 Å². The van der Waals surface area contributed by atoms with E-state index in [4.69, 9.17) is 16.0 Å². The van der Waals surface area contributed by atoms with Gasteiger partial charge in [-0.15, -0.1) is 5.10 Å². The van der Waals surface area contributed by atoms with Crippen molar-refractivity contribution in [1.29, 1.82) is 0 Å². The third-order valence-corrected chi connectivity index (χ3v) is 9.25. The zero-order chi connectivity index (χ0) is 34.0. The number of amides is 2.